The van der Waals surface area contributed by atoms with Gasteiger partial charge >= 0.3 is 0 Å². The quantitative estimate of drug-likeness (QED) is 0.512. The van der Waals surface area contributed by atoms with Gasteiger partial charge in [0.15, 0.2) is 5.56 Å². The summed E-state index contributed by atoms with van der Waals surface area (Å²) >= 11 is 0. The Bertz CT molecular complexity index is 1250. The Morgan fingerprint density at radius 2 is 1.94 bits per heavy atom. The summed E-state index contributed by atoms with van der Waals surface area (Å²) in [5.41, 5.74) is -0.517. The van der Waals surface area contributed by atoms with Crippen molar-refractivity contribution in [3.8, 4) is 5.88 Å². The molecule has 3 N–H and O–H groups in total. The van der Waals surface area contributed by atoms with Crippen LogP contribution in [0, 0.1) is 18.8 Å². The molecule has 2 aromatic rings. The van der Waals surface area contributed by atoms with E-state index in [9.17, 15) is 24.6 Å². The summed E-state index contributed by atoms with van der Waals surface area (Å²) in [6.07, 6.45) is 5.48. The highest BCUT2D eigenvalue weighted by Gasteiger charge is 2.35. The van der Waals surface area contributed by atoms with Crippen LogP contribution in [-0.2, 0) is 11.3 Å². The molecule has 10 nitrogen and oxygen atoms in total. The number of aryl methyl sites for hydroxylation is 1. The maximum absolute atomic E-state index is 13.2. The van der Waals surface area contributed by atoms with E-state index in [2.05, 4.69) is 10.4 Å². The number of fused-ring (bicyclic) bond motifs is 1. The third-order valence-corrected chi connectivity index (χ3v) is 6.80. The number of aromatic nitrogens is 3. The zero-order valence-corrected chi connectivity index (χ0v) is 21.0. The highest BCUT2D eigenvalue weighted by atomic mass is 16.3. The van der Waals surface area contributed by atoms with Gasteiger partial charge in [-0.1, -0.05) is 13.8 Å². The molecule has 2 amide bonds. The Labute approximate surface area is 204 Å². The Hall–Kier alpha value is -3.14. The fourth-order valence-electron chi connectivity index (χ4n) is 4.58. The summed E-state index contributed by atoms with van der Waals surface area (Å²) in [4.78, 5) is 40.5. The van der Waals surface area contributed by atoms with Crippen LogP contribution in [0.3, 0.4) is 0 Å². The average molecular weight is 486 g/mol. The second-order valence-corrected chi connectivity index (χ2v) is 10.7. The van der Waals surface area contributed by atoms with Crippen LogP contribution in [0.2, 0.25) is 0 Å². The number of carbonyl (C=O) groups is 2. The van der Waals surface area contributed by atoms with Gasteiger partial charge in [-0.3, -0.25) is 19.0 Å². The van der Waals surface area contributed by atoms with Gasteiger partial charge in [-0.15, -0.1) is 0 Å². The molecule has 1 saturated heterocycles. The summed E-state index contributed by atoms with van der Waals surface area (Å²) in [7, 11) is 0. The summed E-state index contributed by atoms with van der Waals surface area (Å²) in [6.45, 7) is 10.5. The molecule has 0 spiro atoms. The summed E-state index contributed by atoms with van der Waals surface area (Å²) in [5, 5.41) is 28.4. The van der Waals surface area contributed by atoms with Crippen molar-refractivity contribution in [1.29, 1.82) is 0 Å². The van der Waals surface area contributed by atoms with Crippen molar-refractivity contribution >= 4 is 23.5 Å². The number of hydrogen-bond donors (Lipinski definition) is 3. The predicted molar refractivity (Wildman–Crippen MR) is 131 cm³/mol. The van der Waals surface area contributed by atoms with Crippen molar-refractivity contribution in [2.75, 3.05) is 13.1 Å². The van der Waals surface area contributed by atoms with Gasteiger partial charge in [0, 0.05) is 43.2 Å². The van der Waals surface area contributed by atoms with E-state index < -0.39 is 22.9 Å². The molecule has 1 unspecified atom stereocenters. The van der Waals surface area contributed by atoms with Crippen molar-refractivity contribution < 1.29 is 19.8 Å². The number of hydrogen-bond acceptors (Lipinski definition) is 6. The molecule has 2 aromatic heterocycles. The van der Waals surface area contributed by atoms with Gasteiger partial charge in [-0.05, 0) is 52.0 Å². The number of amides is 2. The van der Waals surface area contributed by atoms with E-state index in [0.717, 1.165) is 23.8 Å². The first kappa shape index (κ1) is 25.0. The number of nitrogens with one attached hydrogen (secondary N) is 1. The van der Waals surface area contributed by atoms with Crippen molar-refractivity contribution in [3.63, 3.8) is 0 Å². The number of nitrogens with zero attached hydrogens (tertiary/aromatic N) is 4. The zero-order valence-electron chi connectivity index (χ0n) is 21.0. The minimum atomic E-state index is -0.855. The van der Waals surface area contributed by atoms with Crippen LogP contribution in [0.4, 0.5) is 0 Å². The number of carbonyl (C=O) groups excluding carboxylic acids is 2. The molecule has 190 valence electrons. The monoisotopic (exact) mass is 485 g/mol. The highest BCUT2D eigenvalue weighted by Crippen LogP contribution is 2.28. The summed E-state index contributed by atoms with van der Waals surface area (Å²) in [6, 6.07) is 0.0287. The molecule has 1 saturated carbocycles. The van der Waals surface area contributed by atoms with Crippen molar-refractivity contribution in [3.05, 3.63) is 33.3 Å². The van der Waals surface area contributed by atoms with Crippen LogP contribution in [0.5, 0.6) is 5.88 Å². The highest BCUT2D eigenvalue weighted by molar-refractivity contribution is 5.97. The lowest BCUT2D eigenvalue weighted by Gasteiger charge is -2.25. The lowest BCUT2D eigenvalue weighted by atomic mass is 9.90. The van der Waals surface area contributed by atoms with Gasteiger partial charge in [0.25, 0.3) is 11.5 Å². The molecule has 0 bridgehead atoms. The van der Waals surface area contributed by atoms with Gasteiger partial charge < -0.3 is 20.4 Å². The number of aliphatic hydroxyl groups is 1. The minimum Gasteiger partial charge on any atom is -0.494 e. The molecule has 1 aliphatic heterocycles. The van der Waals surface area contributed by atoms with Crippen LogP contribution in [-0.4, -0.2) is 65.8 Å². The van der Waals surface area contributed by atoms with E-state index >= 15 is 0 Å². The van der Waals surface area contributed by atoms with Crippen molar-refractivity contribution in [2.24, 2.45) is 11.8 Å². The fourth-order valence-corrected chi connectivity index (χ4v) is 4.58. The van der Waals surface area contributed by atoms with Crippen LogP contribution in [0.25, 0.3) is 11.7 Å². The molecular weight excluding hydrogens is 450 g/mol. The molecule has 10 heteroatoms. The van der Waals surface area contributed by atoms with Crippen molar-refractivity contribution in [2.45, 2.75) is 72.1 Å². The molecule has 1 aliphatic carbocycles. The van der Waals surface area contributed by atoms with E-state index in [1.807, 2.05) is 13.8 Å². The second-order valence-electron chi connectivity index (χ2n) is 10.7. The van der Waals surface area contributed by atoms with Gasteiger partial charge in [0.05, 0.1) is 11.3 Å². The van der Waals surface area contributed by atoms with Crippen LogP contribution < -0.4 is 10.9 Å². The third-order valence-electron chi connectivity index (χ3n) is 6.80. The van der Waals surface area contributed by atoms with E-state index in [4.69, 9.17) is 0 Å². The maximum atomic E-state index is 13.2. The average Bonchev–Trinajstić information content (AvgIpc) is 3.29. The van der Waals surface area contributed by atoms with E-state index in [0.29, 0.717) is 36.5 Å². The molecule has 35 heavy (non-hydrogen) atoms. The van der Waals surface area contributed by atoms with Crippen LogP contribution >= 0.6 is 0 Å². The Morgan fingerprint density at radius 3 is 2.51 bits per heavy atom. The smallest absolute Gasteiger partial charge is 0.291 e. The Morgan fingerprint density at radius 1 is 1.26 bits per heavy atom. The van der Waals surface area contributed by atoms with Gasteiger partial charge in [0.2, 0.25) is 11.8 Å². The van der Waals surface area contributed by atoms with Crippen LogP contribution in [0.1, 0.15) is 68.6 Å². The topological polar surface area (TPSA) is 129 Å². The lowest BCUT2D eigenvalue weighted by molar-refractivity contribution is -0.125. The molecule has 4 rings (SSSR count). The molecule has 1 atom stereocenters. The van der Waals surface area contributed by atoms with Gasteiger partial charge in [-0.25, -0.2) is 0 Å². The molecule has 3 heterocycles. The normalized spacial score (nSPS) is 18.8. The fraction of sp³-hybridized carbons (Fsp3) is 0.600. The molecule has 2 aliphatic rings. The largest absolute Gasteiger partial charge is 0.494 e. The maximum Gasteiger partial charge on any atom is 0.291 e. The second kappa shape index (κ2) is 9.14. The molecule has 2 fully saturated rings. The SMILES string of the molecule is Cc1nn2c(=O)c(C(=O)NC3CC3)c(O)n(CC(C)C)c2c1C=CC(=O)N1CCC(C(C)(C)O)C1. The summed E-state index contributed by atoms with van der Waals surface area (Å²) < 4.78 is 2.67. The first-order valence-electron chi connectivity index (χ1n) is 12.2. The van der Waals surface area contributed by atoms with E-state index in [1.165, 1.54) is 10.6 Å². The predicted octanol–water partition coefficient (Wildman–Crippen LogP) is 1.69. The van der Waals surface area contributed by atoms with E-state index in [1.54, 1.807) is 31.7 Å². The number of aromatic hydroxyl groups is 1. The standard InChI is InChI=1S/C25H35N5O5/c1-14(2)12-29-22-18(8-9-19(31)28-11-10-16(13-28)25(4,5)35)15(3)27-30(22)24(34)20(23(29)33)21(32)26-17-6-7-17/h8-9,14,16-17,33,35H,6-7,10-13H2,1-5H3,(H,26,32). The number of likely N-dealkylation sites (tertiary alicyclic amines) is 1. The van der Waals surface area contributed by atoms with Crippen molar-refractivity contribution in [1.82, 2.24) is 24.4 Å². The Kier molecular flexibility index (Phi) is 6.52. The molecule has 0 aromatic carbocycles. The minimum absolute atomic E-state index is 0.00642. The van der Waals surface area contributed by atoms with Crippen LogP contribution in [0.15, 0.2) is 10.9 Å². The van der Waals surface area contributed by atoms with Gasteiger partial charge in [-0.2, -0.15) is 9.61 Å². The molecule has 0 radical (unpaired) electrons. The summed E-state index contributed by atoms with van der Waals surface area (Å²) in [5.74, 6) is -1.10. The first-order chi connectivity index (χ1) is 16.4. The molecular formula is C25H35N5O5. The first-order valence-corrected chi connectivity index (χ1v) is 12.2. The zero-order chi connectivity index (χ0) is 25.7. The number of rotatable bonds is 7. The lowest BCUT2D eigenvalue weighted by Crippen LogP contribution is -2.35. The van der Waals surface area contributed by atoms with E-state index in [-0.39, 0.29) is 29.3 Å². The Balaban J connectivity index is 1.73. The third kappa shape index (κ3) is 4.98. The van der Waals surface area contributed by atoms with Gasteiger partial charge in [0.1, 0.15) is 5.65 Å².